The summed E-state index contributed by atoms with van der Waals surface area (Å²) in [6, 6.07) is 25.9. The molecule has 0 amide bonds. The quantitative estimate of drug-likeness (QED) is 0.180. The second-order valence-electron chi connectivity index (χ2n) is 17.8. The van der Waals surface area contributed by atoms with Crippen LogP contribution in [0.1, 0.15) is 128 Å². The van der Waals surface area contributed by atoms with Crippen LogP contribution in [-0.4, -0.2) is 4.21 Å². The van der Waals surface area contributed by atoms with Gasteiger partial charge in [-0.05, 0) is 79.1 Å². The Morgan fingerprint density at radius 2 is 1.35 bits per heavy atom. The molecule has 0 saturated heterocycles. The average Bonchev–Trinajstić information content (AvgIpc) is 3.54. The van der Waals surface area contributed by atoms with E-state index < -0.39 is 0 Å². The molecule has 1 unspecified atom stereocenters. The standard InChI is InChI=1S/C21H25.C18H25.C7H7.CH3.CH2.Zr/c1-20(2,3)16-9-7-14-11-15-8-10-17(21(4,5)6)13-19(15)18(14)12-16;1-12-3-13(2)17(4-12)11-18-8-14-5-15(9-18)7-16(6-14)10-18;1-7-5-3-2-4-6-7;;;/h7,9-10,12-13H,11H2,1-6H3;4,12,14-16H,5-11H2,1-2H3;3-6H,1H3;1H3;1H2;/q4*-1;;. The van der Waals surface area contributed by atoms with Crippen molar-refractivity contribution in [3.05, 3.63) is 125 Å². The maximum Gasteiger partial charge on any atom is -0.358 e. The Morgan fingerprint density at radius 1 is 0.796 bits per heavy atom. The van der Waals surface area contributed by atoms with Crippen molar-refractivity contribution >= 4 is 4.21 Å². The Bertz CT molecular complexity index is 1520. The monoisotopic (exact) mass is 728 g/mol. The molecule has 0 aromatic heterocycles. The van der Waals surface area contributed by atoms with Gasteiger partial charge in [0.1, 0.15) is 0 Å². The zero-order chi connectivity index (χ0) is 34.9. The minimum absolute atomic E-state index is 0. The van der Waals surface area contributed by atoms with Gasteiger partial charge < -0.3 is 7.43 Å². The van der Waals surface area contributed by atoms with Crippen LogP contribution in [0.5, 0.6) is 0 Å². The van der Waals surface area contributed by atoms with E-state index in [1.807, 2.05) is 24.3 Å². The minimum atomic E-state index is 0. The van der Waals surface area contributed by atoms with E-state index in [0.29, 0.717) is 11.3 Å². The van der Waals surface area contributed by atoms with Crippen molar-refractivity contribution in [2.24, 2.45) is 29.1 Å². The number of hydrogen-bond donors (Lipinski definition) is 0. The third kappa shape index (κ3) is 9.62. The Labute approximate surface area is 316 Å². The second kappa shape index (κ2) is 16.1. The summed E-state index contributed by atoms with van der Waals surface area (Å²) < 4.78 is 3.34. The summed E-state index contributed by atoms with van der Waals surface area (Å²) in [5.41, 5.74) is 13.9. The molecule has 0 heterocycles. The first-order valence-electron chi connectivity index (χ1n) is 18.5. The summed E-state index contributed by atoms with van der Waals surface area (Å²) in [5, 5.41) is 0. The zero-order valence-electron chi connectivity index (χ0n) is 32.4. The van der Waals surface area contributed by atoms with Crippen molar-refractivity contribution < 1.29 is 24.2 Å². The van der Waals surface area contributed by atoms with Gasteiger partial charge in [0.25, 0.3) is 0 Å². The van der Waals surface area contributed by atoms with Gasteiger partial charge in [0.05, 0.1) is 0 Å². The van der Waals surface area contributed by atoms with Crippen LogP contribution < -0.4 is 0 Å². The van der Waals surface area contributed by atoms with Crippen LogP contribution >= 0.6 is 0 Å². The van der Waals surface area contributed by atoms with E-state index >= 15 is 0 Å². The SMILES string of the molecule is CC(C)(C)c1c[c-]c2c(c1)-c1cc(C(C)(C)C)ccc1C2.CC1=[C-]C(C)C=C1CC12CC3CC(CC(C3)C1)C2.Cc1cc[c-]cc1.[CH2]=[Zr].[CH3-]. The normalized spacial score (nSPS) is 25.5. The summed E-state index contributed by atoms with van der Waals surface area (Å²) in [7, 11) is 0. The van der Waals surface area contributed by atoms with Gasteiger partial charge >= 0.3 is 28.4 Å². The summed E-state index contributed by atoms with van der Waals surface area (Å²) >= 11 is 1.30. The fourth-order valence-electron chi connectivity index (χ4n) is 9.46. The largest absolute Gasteiger partial charge is 0.358 e. The molecule has 6 aliphatic carbocycles. The molecule has 6 aliphatic rings. The number of hydrogen-bond acceptors (Lipinski definition) is 0. The number of rotatable bonds is 2. The molecule has 3 aromatic carbocycles. The van der Waals surface area contributed by atoms with Crippen LogP contribution in [0, 0.1) is 61.6 Å². The van der Waals surface area contributed by atoms with E-state index in [4.69, 9.17) is 0 Å². The topological polar surface area (TPSA) is 0 Å². The van der Waals surface area contributed by atoms with Crippen molar-refractivity contribution in [2.75, 3.05) is 0 Å². The van der Waals surface area contributed by atoms with Crippen LogP contribution in [0.25, 0.3) is 11.1 Å². The number of benzene rings is 3. The third-order valence-electron chi connectivity index (χ3n) is 11.5. The minimum Gasteiger partial charge on any atom is -0.358 e. The maximum atomic E-state index is 3.57. The molecule has 0 nitrogen and oxygen atoms in total. The first-order valence-corrected chi connectivity index (χ1v) is 20.2. The molecule has 0 spiro atoms. The fourth-order valence-corrected chi connectivity index (χ4v) is 9.46. The van der Waals surface area contributed by atoms with Crippen LogP contribution in [0.2, 0.25) is 0 Å². The molecule has 4 bridgehead atoms. The van der Waals surface area contributed by atoms with Crippen LogP contribution in [-0.2, 0) is 41.5 Å². The van der Waals surface area contributed by atoms with Gasteiger partial charge in [0.15, 0.2) is 0 Å². The van der Waals surface area contributed by atoms with E-state index in [-0.39, 0.29) is 18.3 Å². The van der Waals surface area contributed by atoms with E-state index in [9.17, 15) is 0 Å². The molecular formula is C48H62Zr-4. The zero-order valence-corrected chi connectivity index (χ0v) is 34.9. The van der Waals surface area contributed by atoms with Crippen LogP contribution in [0.3, 0.4) is 0 Å². The molecule has 1 heteroatoms. The van der Waals surface area contributed by atoms with Gasteiger partial charge in [-0.3, -0.25) is 6.08 Å². The smallest absolute Gasteiger partial charge is 0.358 e. The predicted octanol–water partition coefficient (Wildman–Crippen LogP) is 12.8. The van der Waals surface area contributed by atoms with E-state index in [1.165, 1.54) is 75.2 Å². The molecular weight excluding hydrogens is 668 g/mol. The van der Waals surface area contributed by atoms with Gasteiger partial charge in [-0.2, -0.15) is 76.9 Å². The average molecular weight is 730 g/mol. The molecule has 262 valence electrons. The van der Waals surface area contributed by atoms with Gasteiger partial charge in [-0.25, -0.2) is 5.57 Å². The van der Waals surface area contributed by atoms with Crippen molar-refractivity contribution in [1.29, 1.82) is 0 Å². The fraction of sp³-hybridized carbons (Fsp3) is 0.500. The van der Waals surface area contributed by atoms with Crippen LogP contribution in [0.15, 0.2) is 71.8 Å². The van der Waals surface area contributed by atoms with Gasteiger partial charge in [-0.1, -0.05) is 109 Å². The first-order chi connectivity index (χ1) is 22.7. The van der Waals surface area contributed by atoms with Crippen molar-refractivity contribution in [3.8, 4) is 11.1 Å². The maximum absolute atomic E-state index is 3.57. The molecule has 0 radical (unpaired) electrons. The molecule has 1 atom stereocenters. The number of allylic oxidation sites excluding steroid dienone is 4. The molecule has 9 rings (SSSR count). The summed E-state index contributed by atoms with van der Waals surface area (Å²) in [6.45, 7) is 20.3. The van der Waals surface area contributed by atoms with Gasteiger partial charge in [0.2, 0.25) is 0 Å². The number of aryl methyl sites for hydroxylation is 1. The third-order valence-corrected chi connectivity index (χ3v) is 11.5. The molecule has 4 saturated carbocycles. The van der Waals surface area contributed by atoms with E-state index in [0.717, 1.165) is 24.2 Å². The Kier molecular flexibility index (Phi) is 13.0. The van der Waals surface area contributed by atoms with Crippen LogP contribution in [0.4, 0.5) is 0 Å². The van der Waals surface area contributed by atoms with E-state index in [1.54, 1.807) is 44.1 Å². The summed E-state index contributed by atoms with van der Waals surface area (Å²) in [5.74, 6) is 3.82. The Hall–Kier alpha value is -2.11. The van der Waals surface area contributed by atoms with E-state index in [2.05, 4.69) is 121 Å². The van der Waals surface area contributed by atoms with Gasteiger partial charge in [0, 0.05) is 0 Å². The molecule has 4 fully saturated rings. The summed E-state index contributed by atoms with van der Waals surface area (Å²) in [4.78, 5) is 0. The summed E-state index contributed by atoms with van der Waals surface area (Å²) in [6.07, 6.45) is 17.8. The van der Waals surface area contributed by atoms with Gasteiger partial charge in [-0.15, -0.1) is 5.56 Å². The molecule has 0 N–H and O–H groups in total. The molecule has 3 aromatic rings. The first kappa shape index (κ1) is 39.7. The Balaban J connectivity index is 0.000000175. The Morgan fingerprint density at radius 3 is 1.82 bits per heavy atom. The number of fused-ring (bicyclic) bond motifs is 3. The molecule has 0 aliphatic heterocycles. The molecule has 49 heavy (non-hydrogen) atoms. The van der Waals surface area contributed by atoms with Crippen molar-refractivity contribution in [3.63, 3.8) is 0 Å². The van der Waals surface area contributed by atoms with Crippen molar-refractivity contribution in [1.82, 2.24) is 0 Å². The second-order valence-corrected chi connectivity index (χ2v) is 17.8. The van der Waals surface area contributed by atoms with Crippen molar-refractivity contribution in [2.45, 2.75) is 125 Å². The predicted molar refractivity (Wildman–Crippen MR) is 209 cm³/mol.